The van der Waals surface area contributed by atoms with Crippen molar-refractivity contribution in [2.75, 3.05) is 40.3 Å². The van der Waals surface area contributed by atoms with Crippen molar-refractivity contribution in [3.8, 4) is 0 Å². The van der Waals surface area contributed by atoms with Gasteiger partial charge in [-0.3, -0.25) is 4.90 Å². The second kappa shape index (κ2) is 10.4. The SMILES string of the molecule is CCNC(=NCc1cccc(CN(C)C)c1)NCC1CCCN1CC. The average Bonchev–Trinajstić information content (AvgIpc) is 3.04. The number of hydrogen-bond acceptors (Lipinski definition) is 3. The van der Waals surface area contributed by atoms with E-state index in [1.165, 1.54) is 30.5 Å². The number of hydrogen-bond donors (Lipinski definition) is 2. The lowest BCUT2D eigenvalue weighted by molar-refractivity contribution is 0.267. The lowest BCUT2D eigenvalue weighted by atomic mass is 10.1. The maximum Gasteiger partial charge on any atom is 0.191 e. The van der Waals surface area contributed by atoms with Crippen LogP contribution in [0.3, 0.4) is 0 Å². The highest BCUT2D eigenvalue weighted by Gasteiger charge is 2.22. The number of nitrogens with one attached hydrogen (secondary N) is 2. The molecular formula is C20H35N5. The zero-order valence-electron chi connectivity index (χ0n) is 16.4. The molecule has 140 valence electrons. The summed E-state index contributed by atoms with van der Waals surface area (Å²) in [7, 11) is 4.20. The summed E-state index contributed by atoms with van der Waals surface area (Å²) < 4.78 is 0. The summed E-state index contributed by atoms with van der Waals surface area (Å²) in [5.74, 6) is 0.920. The monoisotopic (exact) mass is 345 g/mol. The van der Waals surface area contributed by atoms with Crippen LogP contribution >= 0.6 is 0 Å². The molecule has 0 aliphatic carbocycles. The molecule has 1 unspecified atom stereocenters. The Balaban J connectivity index is 1.92. The van der Waals surface area contributed by atoms with Crippen molar-refractivity contribution in [3.63, 3.8) is 0 Å². The van der Waals surface area contributed by atoms with Crippen LogP contribution in [0.2, 0.25) is 0 Å². The van der Waals surface area contributed by atoms with Gasteiger partial charge in [-0.25, -0.2) is 4.99 Å². The molecule has 25 heavy (non-hydrogen) atoms. The average molecular weight is 346 g/mol. The third-order valence-electron chi connectivity index (χ3n) is 4.66. The third kappa shape index (κ3) is 6.67. The predicted octanol–water partition coefficient (Wildman–Crippen LogP) is 2.29. The van der Waals surface area contributed by atoms with E-state index in [4.69, 9.17) is 4.99 Å². The number of nitrogens with zero attached hydrogens (tertiary/aromatic N) is 3. The van der Waals surface area contributed by atoms with Gasteiger partial charge in [0.1, 0.15) is 0 Å². The summed E-state index contributed by atoms with van der Waals surface area (Å²) in [6.07, 6.45) is 2.60. The Morgan fingerprint density at radius 3 is 2.76 bits per heavy atom. The van der Waals surface area contributed by atoms with Gasteiger partial charge in [0.2, 0.25) is 0 Å². The molecule has 1 aromatic carbocycles. The Kier molecular flexibility index (Phi) is 8.22. The van der Waals surface area contributed by atoms with Gasteiger partial charge < -0.3 is 15.5 Å². The second-order valence-electron chi connectivity index (χ2n) is 7.06. The van der Waals surface area contributed by atoms with Crippen molar-refractivity contribution in [3.05, 3.63) is 35.4 Å². The fourth-order valence-corrected chi connectivity index (χ4v) is 3.46. The van der Waals surface area contributed by atoms with Crippen molar-refractivity contribution in [1.29, 1.82) is 0 Å². The summed E-state index contributed by atoms with van der Waals surface area (Å²) in [4.78, 5) is 9.52. The second-order valence-corrected chi connectivity index (χ2v) is 7.06. The molecule has 1 aromatic rings. The van der Waals surface area contributed by atoms with Gasteiger partial charge in [0.05, 0.1) is 6.54 Å². The molecule has 2 N–H and O–H groups in total. The molecule has 1 aliphatic rings. The molecule has 1 heterocycles. The fourth-order valence-electron chi connectivity index (χ4n) is 3.46. The van der Waals surface area contributed by atoms with Crippen molar-refractivity contribution in [2.45, 2.75) is 45.8 Å². The Hall–Kier alpha value is -1.59. The van der Waals surface area contributed by atoms with Crippen LogP contribution in [-0.2, 0) is 13.1 Å². The number of likely N-dealkylation sites (N-methyl/N-ethyl adjacent to an activating group) is 1. The van der Waals surface area contributed by atoms with Gasteiger partial charge in [-0.2, -0.15) is 0 Å². The van der Waals surface area contributed by atoms with Crippen molar-refractivity contribution >= 4 is 5.96 Å². The van der Waals surface area contributed by atoms with Crippen LogP contribution in [-0.4, -0.2) is 62.1 Å². The lowest BCUT2D eigenvalue weighted by Crippen LogP contribution is -2.44. The molecule has 0 spiro atoms. The first kappa shape index (κ1) is 19.7. The number of likely N-dealkylation sites (tertiary alicyclic amines) is 1. The molecule has 1 fully saturated rings. The van der Waals surface area contributed by atoms with E-state index < -0.39 is 0 Å². The number of guanidine groups is 1. The molecule has 1 atom stereocenters. The first-order valence-electron chi connectivity index (χ1n) is 9.61. The Labute approximate surface area is 153 Å². The molecule has 1 aliphatic heterocycles. The van der Waals surface area contributed by atoms with E-state index in [2.05, 4.69) is 72.6 Å². The molecular weight excluding hydrogens is 310 g/mol. The molecule has 0 bridgehead atoms. The van der Waals surface area contributed by atoms with Crippen LogP contribution in [0.25, 0.3) is 0 Å². The standard InChI is InChI=1S/C20H35N5/c1-5-21-20(23-15-19-11-8-12-25(19)6-2)22-14-17-9-7-10-18(13-17)16-24(3)4/h7,9-10,13,19H,5-6,8,11-12,14-16H2,1-4H3,(H2,21,22,23). The van der Waals surface area contributed by atoms with Gasteiger partial charge in [-0.05, 0) is 58.1 Å². The van der Waals surface area contributed by atoms with Crippen LogP contribution in [0.4, 0.5) is 0 Å². The maximum absolute atomic E-state index is 4.78. The van der Waals surface area contributed by atoms with Crippen LogP contribution in [0.5, 0.6) is 0 Å². The topological polar surface area (TPSA) is 42.9 Å². The third-order valence-corrected chi connectivity index (χ3v) is 4.66. The normalized spacial score (nSPS) is 18.8. The van der Waals surface area contributed by atoms with E-state index in [0.717, 1.165) is 32.1 Å². The Morgan fingerprint density at radius 1 is 1.24 bits per heavy atom. The first-order chi connectivity index (χ1) is 12.1. The zero-order valence-corrected chi connectivity index (χ0v) is 16.4. The van der Waals surface area contributed by atoms with E-state index in [0.29, 0.717) is 12.6 Å². The van der Waals surface area contributed by atoms with E-state index in [-0.39, 0.29) is 0 Å². The molecule has 0 aromatic heterocycles. The van der Waals surface area contributed by atoms with Gasteiger partial charge in [0, 0.05) is 25.7 Å². The smallest absolute Gasteiger partial charge is 0.191 e. The number of rotatable bonds is 8. The minimum Gasteiger partial charge on any atom is -0.357 e. The van der Waals surface area contributed by atoms with Crippen LogP contribution < -0.4 is 10.6 Å². The highest BCUT2D eigenvalue weighted by atomic mass is 15.2. The number of benzene rings is 1. The van der Waals surface area contributed by atoms with Crippen molar-refractivity contribution in [1.82, 2.24) is 20.4 Å². The lowest BCUT2D eigenvalue weighted by Gasteiger charge is -2.24. The molecule has 5 nitrogen and oxygen atoms in total. The highest BCUT2D eigenvalue weighted by Crippen LogP contribution is 2.15. The van der Waals surface area contributed by atoms with Crippen LogP contribution in [0.15, 0.2) is 29.3 Å². The molecule has 1 saturated heterocycles. The molecule has 0 amide bonds. The van der Waals surface area contributed by atoms with Crippen molar-refractivity contribution < 1.29 is 0 Å². The fraction of sp³-hybridized carbons (Fsp3) is 0.650. The van der Waals surface area contributed by atoms with Gasteiger partial charge in [-0.1, -0.05) is 31.2 Å². The minimum atomic E-state index is 0.636. The van der Waals surface area contributed by atoms with Crippen molar-refractivity contribution in [2.24, 2.45) is 4.99 Å². The van der Waals surface area contributed by atoms with Gasteiger partial charge >= 0.3 is 0 Å². The van der Waals surface area contributed by atoms with E-state index in [1.807, 2.05) is 0 Å². The first-order valence-corrected chi connectivity index (χ1v) is 9.61. The summed E-state index contributed by atoms with van der Waals surface area (Å²) in [6.45, 7) is 10.3. The van der Waals surface area contributed by atoms with Gasteiger partial charge in [0.25, 0.3) is 0 Å². The molecule has 5 heteroatoms. The maximum atomic E-state index is 4.78. The predicted molar refractivity (Wildman–Crippen MR) is 107 cm³/mol. The Bertz CT molecular complexity index is 541. The van der Waals surface area contributed by atoms with Crippen LogP contribution in [0, 0.1) is 0 Å². The van der Waals surface area contributed by atoms with Gasteiger partial charge in [-0.15, -0.1) is 0 Å². The molecule has 0 radical (unpaired) electrons. The zero-order chi connectivity index (χ0) is 18.1. The highest BCUT2D eigenvalue weighted by molar-refractivity contribution is 5.79. The summed E-state index contributed by atoms with van der Waals surface area (Å²) in [6, 6.07) is 9.35. The van der Waals surface area contributed by atoms with Crippen LogP contribution in [0.1, 0.15) is 37.8 Å². The quantitative estimate of drug-likeness (QED) is 0.560. The number of aliphatic imine (C=N–C) groups is 1. The summed E-state index contributed by atoms with van der Waals surface area (Å²) >= 11 is 0. The van der Waals surface area contributed by atoms with E-state index in [9.17, 15) is 0 Å². The van der Waals surface area contributed by atoms with E-state index in [1.54, 1.807) is 0 Å². The minimum absolute atomic E-state index is 0.636. The summed E-state index contributed by atoms with van der Waals surface area (Å²) in [5.41, 5.74) is 2.59. The summed E-state index contributed by atoms with van der Waals surface area (Å²) in [5, 5.41) is 6.90. The van der Waals surface area contributed by atoms with Gasteiger partial charge in [0.15, 0.2) is 5.96 Å². The molecule has 0 saturated carbocycles. The Morgan fingerprint density at radius 2 is 2.04 bits per heavy atom. The molecule has 2 rings (SSSR count). The largest absolute Gasteiger partial charge is 0.357 e. The van der Waals surface area contributed by atoms with E-state index >= 15 is 0 Å².